The van der Waals surface area contributed by atoms with Crippen LogP contribution in [0, 0.1) is 6.92 Å². The Morgan fingerprint density at radius 3 is 2.81 bits per heavy atom. The third-order valence-corrected chi connectivity index (χ3v) is 3.92. The van der Waals surface area contributed by atoms with Crippen LogP contribution in [0.4, 0.5) is 5.95 Å². The Hall–Kier alpha value is -1.94. The summed E-state index contributed by atoms with van der Waals surface area (Å²) < 4.78 is 0. The Labute approximate surface area is 126 Å². The molecular formula is C17H22N4. The van der Waals surface area contributed by atoms with E-state index >= 15 is 0 Å². The highest BCUT2D eigenvalue weighted by molar-refractivity contribution is 5.35. The molecule has 3 rings (SSSR count). The van der Waals surface area contributed by atoms with Gasteiger partial charge in [0.05, 0.1) is 0 Å². The third kappa shape index (κ3) is 3.22. The van der Waals surface area contributed by atoms with Crippen molar-refractivity contribution in [3.05, 3.63) is 53.3 Å². The highest BCUT2D eigenvalue weighted by Gasteiger charge is 2.22. The molecule has 1 atom stereocenters. The number of hydrogen-bond acceptors (Lipinski definition) is 4. The van der Waals surface area contributed by atoms with Crippen molar-refractivity contribution in [1.82, 2.24) is 15.3 Å². The molecule has 0 spiro atoms. The van der Waals surface area contributed by atoms with Crippen LogP contribution >= 0.6 is 0 Å². The fraction of sp³-hybridized carbons (Fsp3) is 0.412. The maximum absolute atomic E-state index is 4.69. The molecule has 0 bridgehead atoms. The summed E-state index contributed by atoms with van der Waals surface area (Å²) in [5.74, 6) is 0.870. The van der Waals surface area contributed by atoms with Crippen LogP contribution in [-0.2, 0) is 6.42 Å². The lowest BCUT2D eigenvalue weighted by Crippen LogP contribution is -2.46. The number of aryl methyl sites for hydroxylation is 2. The molecule has 0 radical (unpaired) electrons. The summed E-state index contributed by atoms with van der Waals surface area (Å²) in [5, 5.41) is 3.58. The van der Waals surface area contributed by atoms with Crippen molar-refractivity contribution in [2.45, 2.75) is 26.3 Å². The second-order valence-corrected chi connectivity index (χ2v) is 5.52. The first-order valence-electron chi connectivity index (χ1n) is 7.64. The predicted octanol–water partition coefficient (Wildman–Crippen LogP) is 2.50. The molecular weight excluding hydrogens is 260 g/mol. The lowest BCUT2D eigenvalue weighted by atomic mass is 10.0. The number of nitrogens with one attached hydrogen (secondary N) is 1. The molecule has 1 unspecified atom stereocenters. The number of anilines is 1. The van der Waals surface area contributed by atoms with Gasteiger partial charge in [0.1, 0.15) is 0 Å². The number of hydrogen-bond donors (Lipinski definition) is 1. The lowest BCUT2D eigenvalue weighted by Gasteiger charge is -2.34. The molecule has 0 saturated carbocycles. The van der Waals surface area contributed by atoms with Crippen molar-refractivity contribution >= 4 is 5.95 Å². The molecule has 1 aliphatic rings. The topological polar surface area (TPSA) is 41.1 Å². The van der Waals surface area contributed by atoms with Gasteiger partial charge in [-0.15, -0.1) is 0 Å². The molecule has 4 nitrogen and oxygen atoms in total. The Balaban J connectivity index is 1.81. The second kappa shape index (κ2) is 6.22. The minimum Gasteiger partial charge on any atom is -0.338 e. The van der Waals surface area contributed by atoms with Gasteiger partial charge < -0.3 is 10.2 Å². The normalized spacial score (nSPS) is 18.8. The van der Waals surface area contributed by atoms with Gasteiger partial charge in [0, 0.05) is 37.1 Å². The van der Waals surface area contributed by atoms with Crippen LogP contribution in [0.1, 0.15) is 29.9 Å². The van der Waals surface area contributed by atoms with E-state index in [0.717, 1.165) is 43.4 Å². The van der Waals surface area contributed by atoms with Crippen LogP contribution in [0.3, 0.4) is 0 Å². The summed E-state index contributed by atoms with van der Waals surface area (Å²) in [6.07, 6.45) is 0.949. The molecule has 1 aromatic heterocycles. The number of rotatable bonds is 3. The number of aromatic nitrogens is 2. The Morgan fingerprint density at radius 2 is 2.05 bits per heavy atom. The van der Waals surface area contributed by atoms with E-state index in [0.29, 0.717) is 6.04 Å². The zero-order valence-corrected chi connectivity index (χ0v) is 12.7. The molecule has 1 aliphatic heterocycles. The highest BCUT2D eigenvalue weighted by Crippen LogP contribution is 2.20. The monoisotopic (exact) mass is 282 g/mol. The number of nitrogens with zero attached hydrogens (tertiary/aromatic N) is 3. The van der Waals surface area contributed by atoms with Gasteiger partial charge in [-0.25, -0.2) is 9.97 Å². The van der Waals surface area contributed by atoms with Crippen molar-refractivity contribution in [3.63, 3.8) is 0 Å². The zero-order chi connectivity index (χ0) is 14.7. The van der Waals surface area contributed by atoms with E-state index in [9.17, 15) is 0 Å². The molecule has 0 aliphatic carbocycles. The quantitative estimate of drug-likeness (QED) is 0.939. The smallest absolute Gasteiger partial charge is 0.225 e. The third-order valence-electron chi connectivity index (χ3n) is 3.92. The van der Waals surface area contributed by atoms with Crippen LogP contribution in [0.25, 0.3) is 0 Å². The van der Waals surface area contributed by atoms with Crippen molar-refractivity contribution in [3.8, 4) is 0 Å². The fourth-order valence-corrected chi connectivity index (χ4v) is 2.78. The molecule has 1 N–H and O–H groups in total. The van der Waals surface area contributed by atoms with Gasteiger partial charge in [-0.05, 0) is 25.0 Å². The summed E-state index contributed by atoms with van der Waals surface area (Å²) in [5.41, 5.74) is 3.49. The van der Waals surface area contributed by atoms with Gasteiger partial charge in [-0.2, -0.15) is 0 Å². The van der Waals surface area contributed by atoms with E-state index in [4.69, 9.17) is 4.98 Å². The number of piperazine rings is 1. The molecule has 1 aromatic carbocycles. The van der Waals surface area contributed by atoms with Gasteiger partial charge in [0.25, 0.3) is 0 Å². The fourth-order valence-electron chi connectivity index (χ4n) is 2.78. The molecule has 2 heterocycles. The number of benzene rings is 1. The average Bonchev–Trinajstić information content (AvgIpc) is 2.55. The highest BCUT2D eigenvalue weighted by atomic mass is 15.3. The zero-order valence-electron chi connectivity index (χ0n) is 12.7. The first kappa shape index (κ1) is 14.0. The van der Waals surface area contributed by atoms with E-state index in [1.54, 1.807) is 0 Å². The van der Waals surface area contributed by atoms with Crippen LogP contribution in [0.5, 0.6) is 0 Å². The summed E-state index contributed by atoms with van der Waals surface area (Å²) in [4.78, 5) is 11.6. The van der Waals surface area contributed by atoms with E-state index in [1.807, 2.05) is 6.92 Å². The van der Waals surface area contributed by atoms with Crippen LogP contribution in [0.2, 0.25) is 0 Å². The van der Waals surface area contributed by atoms with E-state index in [2.05, 4.69) is 58.5 Å². The van der Waals surface area contributed by atoms with Gasteiger partial charge in [-0.1, -0.05) is 37.3 Å². The first-order chi connectivity index (χ1) is 10.3. The second-order valence-electron chi connectivity index (χ2n) is 5.52. The molecule has 4 heteroatoms. The lowest BCUT2D eigenvalue weighted by molar-refractivity contribution is 0.466. The largest absolute Gasteiger partial charge is 0.338 e. The van der Waals surface area contributed by atoms with E-state index in [1.165, 1.54) is 5.56 Å². The van der Waals surface area contributed by atoms with Gasteiger partial charge >= 0.3 is 0 Å². The van der Waals surface area contributed by atoms with Gasteiger partial charge in [-0.3, -0.25) is 0 Å². The Morgan fingerprint density at radius 1 is 1.24 bits per heavy atom. The van der Waals surface area contributed by atoms with Crippen LogP contribution in [-0.4, -0.2) is 29.6 Å². The minimum absolute atomic E-state index is 0.342. The molecule has 0 amide bonds. The average molecular weight is 282 g/mol. The molecule has 1 saturated heterocycles. The standard InChI is InChI=1S/C17H22N4/c1-3-15-11-13(2)19-17(20-15)21-10-9-18-16(12-21)14-7-5-4-6-8-14/h4-8,11,16,18H,3,9-10,12H2,1-2H3. The predicted molar refractivity (Wildman–Crippen MR) is 85.5 cm³/mol. The first-order valence-corrected chi connectivity index (χ1v) is 7.64. The van der Waals surface area contributed by atoms with E-state index < -0.39 is 0 Å². The Bertz CT molecular complexity index is 597. The van der Waals surface area contributed by atoms with Crippen molar-refractivity contribution in [1.29, 1.82) is 0 Å². The molecule has 2 aromatic rings. The minimum atomic E-state index is 0.342. The summed E-state index contributed by atoms with van der Waals surface area (Å²) in [7, 11) is 0. The van der Waals surface area contributed by atoms with E-state index in [-0.39, 0.29) is 0 Å². The SMILES string of the molecule is CCc1cc(C)nc(N2CCNC(c3ccccc3)C2)n1. The maximum Gasteiger partial charge on any atom is 0.225 e. The molecule has 1 fully saturated rings. The maximum atomic E-state index is 4.69. The van der Waals surface area contributed by atoms with Gasteiger partial charge in [0.15, 0.2) is 0 Å². The summed E-state index contributed by atoms with van der Waals surface area (Å²) in [6, 6.07) is 13.0. The molecule has 110 valence electrons. The Kier molecular flexibility index (Phi) is 4.15. The van der Waals surface area contributed by atoms with Crippen LogP contribution in [0.15, 0.2) is 36.4 Å². The summed E-state index contributed by atoms with van der Waals surface area (Å²) >= 11 is 0. The van der Waals surface area contributed by atoms with Crippen molar-refractivity contribution in [2.24, 2.45) is 0 Å². The summed E-state index contributed by atoms with van der Waals surface area (Å²) in [6.45, 7) is 7.00. The molecule has 21 heavy (non-hydrogen) atoms. The van der Waals surface area contributed by atoms with Crippen LogP contribution < -0.4 is 10.2 Å². The van der Waals surface area contributed by atoms with Crippen molar-refractivity contribution < 1.29 is 0 Å². The van der Waals surface area contributed by atoms with Crippen molar-refractivity contribution in [2.75, 3.05) is 24.5 Å². The van der Waals surface area contributed by atoms with Gasteiger partial charge in [0.2, 0.25) is 5.95 Å².